The van der Waals surface area contributed by atoms with Gasteiger partial charge in [0, 0.05) is 19.3 Å². The quantitative estimate of drug-likeness (QED) is 0.0276. The molecule has 1 unspecified atom stereocenters. The number of ether oxygens (including phenoxy) is 3. The second-order valence-corrected chi connectivity index (χ2v) is 13.9. The number of carbonyl (C=O) groups excluding carboxylic acids is 3. The molecule has 51 heavy (non-hydrogen) atoms. The third-order valence-corrected chi connectivity index (χ3v) is 8.83. The van der Waals surface area contributed by atoms with Crippen LogP contribution in [0, 0.1) is 0 Å². The van der Waals surface area contributed by atoms with Crippen LogP contribution >= 0.6 is 0 Å². The Kier molecular flexibility index (Phi) is 38.1. The Hall–Kier alpha value is -2.63. The lowest BCUT2D eigenvalue weighted by molar-refractivity contribution is -0.166. The first-order valence-corrected chi connectivity index (χ1v) is 21.1. The van der Waals surface area contributed by atoms with Crippen LogP contribution in [0.4, 0.5) is 0 Å². The molecule has 0 aliphatic rings. The van der Waals surface area contributed by atoms with Crippen molar-refractivity contribution in [3.8, 4) is 0 Å². The van der Waals surface area contributed by atoms with Crippen molar-refractivity contribution in [3.63, 3.8) is 0 Å². The molecule has 6 heteroatoms. The topological polar surface area (TPSA) is 78.9 Å². The maximum absolute atomic E-state index is 12.6. The first-order valence-electron chi connectivity index (χ1n) is 21.1. The number of carbonyl (C=O) groups is 3. The third-order valence-electron chi connectivity index (χ3n) is 8.83. The van der Waals surface area contributed by atoms with Gasteiger partial charge in [-0.2, -0.15) is 0 Å². The summed E-state index contributed by atoms with van der Waals surface area (Å²) in [6.45, 7) is 6.39. The molecule has 0 aliphatic heterocycles. The molecule has 294 valence electrons. The van der Waals surface area contributed by atoms with Gasteiger partial charge >= 0.3 is 17.9 Å². The van der Waals surface area contributed by atoms with Crippen LogP contribution in [-0.4, -0.2) is 37.2 Å². The molecule has 0 aromatic heterocycles. The highest BCUT2D eigenvalue weighted by Crippen LogP contribution is 2.13. The van der Waals surface area contributed by atoms with Crippen molar-refractivity contribution in [1.29, 1.82) is 0 Å². The number of allylic oxidation sites excluding steroid dienone is 8. The highest BCUT2D eigenvalue weighted by molar-refractivity contribution is 5.71. The lowest BCUT2D eigenvalue weighted by atomic mass is 10.1. The molecule has 0 radical (unpaired) electrons. The second kappa shape index (κ2) is 40.1. The number of esters is 3. The summed E-state index contributed by atoms with van der Waals surface area (Å²) in [5.74, 6) is -1.01. The molecule has 0 rings (SSSR count). The zero-order valence-corrected chi connectivity index (χ0v) is 33.4. The van der Waals surface area contributed by atoms with Gasteiger partial charge in [-0.1, -0.05) is 166 Å². The lowest BCUT2D eigenvalue weighted by Crippen LogP contribution is -2.30. The zero-order valence-electron chi connectivity index (χ0n) is 33.4. The van der Waals surface area contributed by atoms with Crippen molar-refractivity contribution in [2.45, 2.75) is 207 Å². The van der Waals surface area contributed by atoms with Crippen molar-refractivity contribution in [2.24, 2.45) is 0 Å². The van der Waals surface area contributed by atoms with E-state index in [0.717, 1.165) is 64.2 Å². The summed E-state index contributed by atoms with van der Waals surface area (Å²) in [7, 11) is 0. The summed E-state index contributed by atoms with van der Waals surface area (Å²) in [5, 5.41) is 0. The lowest BCUT2D eigenvalue weighted by Gasteiger charge is -2.18. The van der Waals surface area contributed by atoms with Crippen LogP contribution in [-0.2, 0) is 28.6 Å². The van der Waals surface area contributed by atoms with Gasteiger partial charge in [0.15, 0.2) is 6.10 Å². The van der Waals surface area contributed by atoms with E-state index in [9.17, 15) is 14.4 Å². The van der Waals surface area contributed by atoms with E-state index in [1.807, 2.05) is 6.08 Å². The van der Waals surface area contributed by atoms with Crippen molar-refractivity contribution >= 4 is 17.9 Å². The molecule has 6 nitrogen and oxygen atoms in total. The van der Waals surface area contributed by atoms with Crippen LogP contribution in [0.3, 0.4) is 0 Å². The van der Waals surface area contributed by atoms with Gasteiger partial charge < -0.3 is 14.2 Å². The van der Waals surface area contributed by atoms with Gasteiger partial charge in [0.25, 0.3) is 0 Å². The van der Waals surface area contributed by atoms with Crippen LogP contribution in [0.1, 0.15) is 201 Å². The van der Waals surface area contributed by atoms with E-state index in [2.05, 4.69) is 63.3 Å². The van der Waals surface area contributed by atoms with Crippen LogP contribution in [0.25, 0.3) is 0 Å². The fourth-order valence-electron chi connectivity index (χ4n) is 5.65. The Balaban J connectivity index is 4.47. The number of hydrogen-bond acceptors (Lipinski definition) is 6. The second-order valence-electron chi connectivity index (χ2n) is 13.9. The molecule has 0 saturated carbocycles. The number of hydrogen-bond donors (Lipinski definition) is 0. The van der Waals surface area contributed by atoms with Crippen molar-refractivity contribution in [3.05, 3.63) is 48.6 Å². The maximum Gasteiger partial charge on any atom is 0.306 e. The van der Waals surface area contributed by atoms with Gasteiger partial charge in [0.2, 0.25) is 0 Å². The fraction of sp³-hybridized carbons (Fsp3) is 0.756. The minimum atomic E-state index is -0.801. The standard InChI is InChI=1S/C45H78O6/c1-4-7-10-13-16-19-21-22-24-26-29-32-35-38-44(47)50-41-42(40-49-43(46)37-34-31-28-25-18-15-12-9-6-3)51-45(48)39-36-33-30-27-23-20-17-14-11-8-5-2/h9,12,18,22,24-25,29,32,42H,4-8,10-11,13-17,19-21,23,26-28,30-31,33-41H2,1-3H3/b12-9-,24-22-,25-18-,32-29-. The summed E-state index contributed by atoms with van der Waals surface area (Å²) in [6, 6.07) is 0. The Morgan fingerprint density at radius 2 is 0.804 bits per heavy atom. The van der Waals surface area contributed by atoms with Crippen LogP contribution < -0.4 is 0 Å². The zero-order chi connectivity index (χ0) is 37.3. The molecule has 0 saturated heterocycles. The summed E-state index contributed by atoms with van der Waals surface area (Å²) in [6.07, 6.45) is 45.5. The predicted molar refractivity (Wildman–Crippen MR) is 215 cm³/mol. The van der Waals surface area contributed by atoms with E-state index in [4.69, 9.17) is 14.2 Å². The van der Waals surface area contributed by atoms with Crippen LogP contribution in [0.2, 0.25) is 0 Å². The molecule has 1 atom stereocenters. The Morgan fingerprint density at radius 3 is 1.33 bits per heavy atom. The number of unbranched alkanes of at least 4 members (excludes halogenated alkanes) is 18. The average Bonchev–Trinajstić information content (AvgIpc) is 3.12. The molecule has 0 aliphatic carbocycles. The fourth-order valence-corrected chi connectivity index (χ4v) is 5.65. The SMILES string of the molecule is CC/C=C\C/C=C\CCCCC(=O)OCC(COC(=O)CC/C=C\C/C=C\CCCCCCCC)OC(=O)CCCCCCCCCCCCC. The third kappa shape index (κ3) is 38.4. The van der Waals surface area contributed by atoms with E-state index >= 15 is 0 Å². The van der Waals surface area contributed by atoms with E-state index in [0.29, 0.717) is 19.3 Å². The van der Waals surface area contributed by atoms with E-state index in [1.54, 1.807) is 0 Å². The monoisotopic (exact) mass is 715 g/mol. The molecule has 0 aromatic carbocycles. The van der Waals surface area contributed by atoms with Gasteiger partial charge in [-0.3, -0.25) is 14.4 Å². The van der Waals surface area contributed by atoms with Crippen molar-refractivity contribution < 1.29 is 28.6 Å². The molecule has 0 heterocycles. The average molecular weight is 715 g/mol. The highest BCUT2D eigenvalue weighted by atomic mass is 16.6. The first kappa shape index (κ1) is 48.4. The molecule has 0 fully saturated rings. The van der Waals surface area contributed by atoms with E-state index < -0.39 is 6.10 Å². The van der Waals surface area contributed by atoms with Crippen molar-refractivity contribution in [1.82, 2.24) is 0 Å². The number of rotatable bonds is 37. The largest absolute Gasteiger partial charge is 0.462 e. The van der Waals surface area contributed by atoms with Crippen molar-refractivity contribution in [2.75, 3.05) is 13.2 Å². The smallest absolute Gasteiger partial charge is 0.306 e. The molecule has 0 spiro atoms. The first-order chi connectivity index (χ1) is 25.0. The molecular weight excluding hydrogens is 636 g/mol. The van der Waals surface area contributed by atoms with Gasteiger partial charge in [-0.15, -0.1) is 0 Å². The van der Waals surface area contributed by atoms with Gasteiger partial charge in [0.1, 0.15) is 13.2 Å². The van der Waals surface area contributed by atoms with Gasteiger partial charge in [-0.05, 0) is 64.2 Å². The Labute approximate surface area is 314 Å². The molecule has 0 bridgehead atoms. The van der Waals surface area contributed by atoms with E-state index in [1.165, 1.54) is 89.9 Å². The van der Waals surface area contributed by atoms with Crippen LogP contribution in [0.15, 0.2) is 48.6 Å². The Morgan fingerprint density at radius 1 is 0.412 bits per heavy atom. The molecule has 0 aromatic rings. The van der Waals surface area contributed by atoms with E-state index in [-0.39, 0.29) is 37.5 Å². The molecule has 0 N–H and O–H groups in total. The summed E-state index contributed by atoms with van der Waals surface area (Å²) < 4.78 is 16.5. The van der Waals surface area contributed by atoms with Crippen LogP contribution in [0.5, 0.6) is 0 Å². The van der Waals surface area contributed by atoms with Gasteiger partial charge in [0.05, 0.1) is 0 Å². The normalized spacial score (nSPS) is 12.5. The predicted octanol–water partition coefficient (Wildman–Crippen LogP) is 13.2. The minimum Gasteiger partial charge on any atom is -0.462 e. The molecular formula is C45H78O6. The summed E-state index contributed by atoms with van der Waals surface area (Å²) in [4.78, 5) is 37.5. The molecule has 0 amide bonds. The Bertz CT molecular complexity index is 918. The summed E-state index contributed by atoms with van der Waals surface area (Å²) in [5.41, 5.74) is 0. The minimum absolute atomic E-state index is 0.106. The highest BCUT2D eigenvalue weighted by Gasteiger charge is 2.19. The summed E-state index contributed by atoms with van der Waals surface area (Å²) >= 11 is 0. The van der Waals surface area contributed by atoms with Gasteiger partial charge in [-0.25, -0.2) is 0 Å². The maximum atomic E-state index is 12.6.